The Balaban J connectivity index is 1.90. The maximum absolute atomic E-state index is 4.68. The van der Waals surface area contributed by atoms with Crippen LogP contribution < -0.4 is 4.57 Å². The summed E-state index contributed by atoms with van der Waals surface area (Å²) in [6.45, 7) is 4.52. The molecule has 4 aromatic rings. The summed E-state index contributed by atoms with van der Waals surface area (Å²) in [7, 11) is 2.08. The lowest BCUT2D eigenvalue weighted by molar-refractivity contribution is -0.670. The summed E-state index contributed by atoms with van der Waals surface area (Å²) in [5.74, 6) is 0. The summed E-state index contributed by atoms with van der Waals surface area (Å²) < 4.78 is 4.22. The second-order valence-corrected chi connectivity index (χ2v) is 6.84. The molecule has 128 valence electrons. The second-order valence-electron chi connectivity index (χ2n) is 5.97. The van der Waals surface area contributed by atoms with E-state index in [1.54, 1.807) is 11.3 Å². The lowest BCUT2D eigenvalue weighted by Gasteiger charge is -2.04. The van der Waals surface area contributed by atoms with Gasteiger partial charge in [-0.15, -0.1) is 0 Å². The Bertz CT molecular complexity index is 1090. The van der Waals surface area contributed by atoms with E-state index in [-0.39, 0.29) is 0 Å². The third kappa shape index (κ3) is 2.86. The molecule has 0 amide bonds. The van der Waals surface area contributed by atoms with E-state index >= 15 is 0 Å². The maximum atomic E-state index is 4.68. The molecule has 0 saturated carbocycles. The molecule has 26 heavy (non-hydrogen) atoms. The number of aromatic nitrogens is 2. The van der Waals surface area contributed by atoms with E-state index in [0.717, 1.165) is 39.5 Å². The molecule has 0 atom stereocenters. The van der Waals surface area contributed by atoms with E-state index in [1.165, 1.54) is 0 Å². The summed E-state index contributed by atoms with van der Waals surface area (Å²) in [5.41, 5.74) is 4.24. The first-order valence-corrected chi connectivity index (χ1v) is 9.30. The predicted molar refractivity (Wildman–Crippen MR) is 107 cm³/mol. The lowest BCUT2D eigenvalue weighted by atomic mass is 10.1. The molecule has 0 spiro atoms. The van der Waals surface area contributed by atoms with Crippen molar-refractivity contribution in [2.45, 2.75) is 6.54 Å². The van der Waals surface area contributed by atoms with Crippen molar-refractivity contribution in [1.82, 2.24) is 4.57 Å². The van der Waals surface area contributed by atoms with Crippen LogP contribution in [0, 0.1) is 0 Å². The van der Waals surface area contributed by atoms with E-state index in [0.29, 0.717) is 0 Å². The lowest BCUT2D eigenvalue weighted by Crippen LogP contribution is -2.29. The fraction of sp³-hybridized carbons (Fsp3) is 0.0952. The molecule has 5 heteroatoms. The van der Waals surface area contributed by atoms with E-state index in [1.807, 2.05) is 46.5 Å². The van der Waals surface area contributed by atoms with Gasteiger partial charge < -0.3 is 4.57 Å². The molecule has 2 heterocycles. The number of hydrogen-bond acceptors (Lipinski definition) is 3. The van der Waals surface area contributed by atoms with Crippen LogP contribution in [-0.4, -0.2) is 4.57 Å². The first kappa shape index (κ1) is 16.4. The highest BCUT2D eigenvalue weighted by atomic mass is 32.1. The van der Waals surface area contributed by atoms with Gasteiger partial charge in [0.1, 0.15) is 18.4 Å². The summed E-state index contributed by atoms with van der Waals surface area (Å²) in [5, 5.41) is 13.2. The summed E-state index contributed by atoms with van der Waals surface area (Å²) >= 11 is 1.57. The molecule has 0 radical (unpaired) electrons. The molecular weight excluding hydrogens is 340 g/mol. The number of nitrogens with zero attached hydrogens (tertiary/aromatic N) is 4. The molecule has 2 aromatic carbocycles. The number of para-hydroxylation sites is 1. The Morgan fingerprint density at radius 2 is 1.85 bits per heavy atom. The van der Waals surface area contributed by atoms with Crippen LogP contribution in [0.3, 0.4) is 0 Å². The number of rotatable bonds is 5. The summed E-state index contributed by atoms with van der Waals surface area (Å²) in [6, 6.07) is 18.6. The SMILES string of the molecule is C=CC[n+]1ccsc1N=Nc1c(-c2ccccc2)n(C)c2ccccc12. The van der Waals surface area contributed by atoms with Gasteiger partial charge in [-0.25, -0.2) is 4.57 Å². The quantitative estimate of drug-likeness (QED) is 0.245. The zero-order valence-electron chi connectivity index (χ0n) is 14.5. The molecule has 4 rings (SSSR count). The van der Waals surface area contributed by atoms with E-state index in [2.05, 4.69) is 58.8 Å². The first-order chi connectivity index (χ1) is 12.8. The molecule has 2 aromatic heterocycles. The minimum Gasteiger partial charge on any atom is -0.342 e. The third-order valence-electron chi connectivity index (χ3n) is 4.35. The van der Waals surface area contributed by atoms with Gasteiger partial charge in [-0.05, 0) is 22.5 Å². The van der Waals surface area contributed by atoms with E-state index in [9.17, 15) is 0 Å². The van der Waals surface area contributed by atoms with Gasteiger partial charge >= 0.3 is 5.13 Å². The Kier molecular flexibility index (Phi) is 4.46. The van der Waals surface area contributed by atoms with Crippen molar-refractivity contribution in [2.75, 3.05) is 0 Å². The monoisotopic (exact) mass is 359 g/mol. The highest BCUT2D eigenvalue weighted by Crippen LogP contribution is 2.40. The molecule has 0 fully saturated rings. The van der Waals surface area contributed by atoms with Crippen molar-refractivity contribution in [3.8, 4) is 11.3 Å². The average Bonchev–Trinajstić information content (AvgIpc) is 3.23. The molecule has 0 saturated heterocycles. The van der Waals surface area contributed by atoms with E-state index in [4.69, 9.17) is 0 Å². The Hall–Kier alpha value is -3.05. The van der Waals surface area contributed by atoms with Crippen molar-refractivity contribution in [3.63, 3.8) is 0 Å². The fourth-order valence-corrected chi connectivity index (χ4v) is 3.84. The average molecular weight is 359 g/mol. The van der Waals surface area contributed by atoms with Crippen molar-refractivity contribution < 1.29 is 4.57 Å². The van der Waals surface area contributed by atoms with Gasteiger partial charge in [-0.2, -0.15) is 0 Å². The minimum absolute atomic E-state index is 0.721. The van der Waals surface area contributed by atoms with Crippen molar-refractivity contribution in [2.24, 2.45) is 17.3 Å². The zero-order valence-corrected chi connectivity index (χ0v) is 15.4. The largest absolute Gasteiger partial charge is 0.408 e. The van der Waals surface area contributed by atoms with Gasteiger partial charge in [-0.3, -0.25) is 0 Å². The van der Waals surface area contributed by atoms with Gasteiger partial charge in [0.25, 0.3) is 0 Å². The van der Waals surface area contributed by atoms with Crippen molar-refractivity contribution >= 4 is 33.1 Å². The van der Waals surface area contributed by atoms with E-state index < -0.39 is 0 Å². The molecule has 0 aliphatic rings. The maximum Gasteiger partial charge on any atom is 0.408 e. The van der Waals surface area contributed by atoms with Gasteiger partial charge in [-0.1, -0.05) is 61.2 Å². The fourth-order valence-electron chi connectivity index (χ4n) is 3.15. The van der Waals surface area contributed by atoms with Gasteiger partial charge in [0.05, 0.1) is 16.3 Å². The Labute approximate surface area is 156 Å². The Morgan fingerprint density at radius 1 is 1.08 bits per heavy atom. The van der Waals surface area contributed by atoms with Gasteiger partial charge in [0.2, 0.25) is 0 Å². The van der Waals surface area contributed by atoms with Crippen molar-refractivity contribution in [1.29, 1.82) is 0 Å². The zero-order chi connectivity index (χ0) is 17.9. The van der Waals surface area contributed by atoms with Gasteiger partial charge in [0, 0.05) is 23.4 Å². The molecule has 0 aliphatic carbocycles. The number of thiazole rings is 1. The van der Waals surface area contributed by atoms with Crippen LogP contribution in [0.4, 0.5) is 10.8 Å². The highest BCUT2D eigenvalue weighted by molar-refractivity contribution is 7.12. The molecule has 0 N–H and O–H groups in total. The minimum atomic E-state index is 0.721. The summed E-state index contributed by atoms with van der Waals surface area (Å²) in [6.07, 6.45) is 3.86. The number of hydrogen-bond donors (Lipinski definition) is 0. The smallest absolute Gasteiger partial charge is 0.342 e. The Morgan fingerprint density at radius 3 is 2.65 bits per heavy atom. The van der Waals surface area contributed by atoms with Crippen LogP contribution in [0.1, 0.15) is 0 Å². The standard InChI is InChI=1S/C21H19N4S/c1-3-13-25-14-15-26-21(25)23-22-19-17-11-7-8-12-18(17)24(2)20(19)16-9-5-4-6-10-16/h3-12,14-15H,1,13H2,2H3/q+1. The molecule has 0 unspecified atom stereocenters. The summed E-state index contributed by atoms with van der Waals surface area (Å²) in [4.78, 5) is 0. The number of azo groups is 1. The van der Waals surface area contributed by atoms with Crippen molar-refractivity contribution in [3.05, 3.63) is 78.8 Å². The first-order valence-electron chi connectivity index (χ1n) is 8.42. The number of allylic oxidation sites excluding steroid dienone is 1. The normalized spacial score (nSPS) is 11.4. The molecule has 0 bridgehead atoms. The predicted octanol–water partition coefficient (Wildman–Crippen LogP) is 5.80. The molecule has 0 aliphatic heterocycles. The number of aryl methyl sites for hydroxylation is 1. The third-order valence-corrected chi connectivity index (χ3v) is 5.13. The van der Waals surface area contributed by atoms with Crippen LogP contribution in [-0.2, 0) is 13.6 Å². The number of benzene rings is 2. The van der Waals surface area contributed by atoms with Gasteiger partial charge in [0.15, 0.2) is 0 Å². The van der Waals surface area contributed by atoms with Crippen LogP contribution in [0.15, 0.2) is 89.1 Å². The molecular formula is C21H19N4S+. The highest BCUT2D eigenvalue weighted by Gasteiger charge is 2.19. The second kappa shape index (κ2) is 7.06. The van der Waals surface area contributed by atoms with Crippen LogP contribution in [0.25, 0.3) is 22.2 Å². The molecule has 4 nitrogen and oxygen atoms in total. The van der Waals surface area contributed by atoms with Crippen LogP contribution in [0.5, 0.6) is 0 Å². The van der Waals surface area contributed by atoms with Crippen LogP contribution >= 0.6 is 11.3 Å². The topological polar surface area (TPSA) is 33.5 Å². The van der Waals surface area contributed by atoms with Crippen LogP contribution in [0.2, 0.25) is 0 Å². The number of fused-ring (bicyclic) bond motifs is 1.